The molecule has 1 aromatic carbocycles. The molecular formula is C20H20N4O3. The minimum absolute atomic E-state index is 0.0223. The average Bonchev–Trinajstić information content (AvgIpc) is 3.15. The van der Waals surface area contributed by atoms with Crippen molar-refractivity contribution in [3.05, 3.63) is 59.9 Å². The standard InChI is InChI=1S/C20H20N4O3/c1-13-12-23(15-4-2-14(3-5-15)20(26)27)10-11-24(13)19(25)18-7-6-16-17(22-18)8-9-21-16/h2-9,13,21H,10-12H2,1H3,(H,26,27). The smallest absolute Gasteiger partial charge is 0.335 e. The number of aromatic amines is 1. The van der Waals surface area contributed by atoms with E-state index in [9.17, 15) is 9.59 Å². The van der Waals surface area contributed by atoms with Crippen LogP contribution in [-0.2, 0) is 0 Å². The highest BCUT2D eigenvalue weighted by atomic mass is 16.4. The van der Waals surface area contributed by atoms with Crippen LogP contribution in [0.25, 0.3) is 11.0 Å². The number of amides is 1. The molecule has 27 heavy (non-hydrogen) atoms. The number of carbonyl (C=O) groups is 2. The molecule has 1 fully saturated rings. The summed E-state index contributed by atoms with van der Waals surface area (Å²) in [5.74, 6) is -0.997. The van der Waals surface area contributed by atoms with Crippen LogP contribution in [0.5, 0.6) is 0 Å². The van der Waals surface area contributed by atoms with Gasteiger partial charge in [0.2, 0.25) is 0 Å². The molecule has 0 bridgehead atoms. The molecule has 0 spiro atoms. The van der Waals surface area contributed by atoms with E-state index in [1.165, 1.54) is 0 Å². The van der Waals surface area contributed by atoms with Crippen LogP contribution in [0.4, 0.5) is 5.69 Å². The zero-order chi connectivity index (χ0) is 19.0. The second-order valence-electron chi connectivity index (χ2n) is 6.75. The molecule has 1 atom stereocenters. The normalized spacial score (nSPS) is 17.3. The van der Waals surface area contributed by atoms with Gasteiger partial charge in [-0.3, -0.25) is 4.79 Å². The van der Waals surface area contributed by atoms with Crippen molar-refractivity contribution >= 4 is 28.6 Å². The first-order chi connectivity index (χ1) is 13.0. The number of carboxylic acid groups (broad SMARTS) is 1. The number of anilines is 1. The Kier molecular flexibility index (Phi) is 4.27. The summed E-state index contributed by atoms with van der Waals surface area (Å²) >= 11 is 0. The number of H-pyrrole nitrogens is 1. The SMILES string of the molecule is CC1CN(c2ccc(C(=O)O)cc2)CCN1C(=O)c1ccc2[nH]ccc2n1. The second kappa shape index (κ2) is 6.75. The number of hydrogen-bond acceptors (Lipinski definition) is 4. The van der Waals surface area contributed by atoms with Crippen molar-refractivity contribution in [1.82, 2.24) is 14.9 Å². The van der Waals surface area contributed by atoms with E-state index < -0.39 is 5.97 Å². The number of piperazine rings is 1. The molecule has 2 aromatic heterocycles. The van der Waals surface area contributed by atoms with Crippen molar-refractivity contribution in [2.24, 2.45) is 0 Å². The van der Waals surface area contributed by atoms with Gasteiger partial charge in [0.05, 0.1) is 16.6 Å². The van der Waals surface area contributed by atoms with E-state index >= 15 is 0 Å². The van der Waals surface area contributed by atoms with Gasteiger partial charge in [-0.2, -0.15) is 0 Å². The summed E-state index contributed by atoms with van der Waals surface area (Å²) in [7, 11) is 0. The van der Waals surface area contributed by atoms with Crippen LogP contribution >= 0.6 is 0 Å². The summed E-state index contributed by atoms with van der Waals surface area (Å²) in [6.07, 6.45) is 1.81. The monoisotopic (exact) mass is 364 g/mol. The van der Waals surface area contributed by atoms with E-state index in [0.29, 0.717) is 25.3 Å². The van der Waals surface area contributed by atoms with Crippen LogP contribution in [0, 0.1) is 0 Å². The summed E-state index contributed by atoms with van der Waals surface area (Å²) in [4.78, 5) is 35.5. The highest BCUT2D eigenvalue weighted by Crippen LogP contribution is 2.21. The quantitative estimate of drug-likeness (QED) is 0.746. The van der Waals surface area contributed by atoms with E-state index in [-0.39, 0.29) is 17.5 Å². The van der Waals surface area contributed by atoms with E-state index in [2.05, 4.69) is 14.9 Å². The third-order valence-electron chi connectivity index (χ3n) is 4.99. The number of rotatable bonds is 3. The number of carboxylic acids is 1. The van der Waals surface area contributed by atoms with Crippen molar-refractivity contribution in [3.8, 4) is 0 Å². The molecule has 138 valence electrons. The molecule has 7 heteroatoms. The zero-order valence-corrected chi connectivity index (χ0v) is 14.9. The van der Waals surface area contributed by atoms with Gasteiger partial charge in [0.15, 0.2) is 0 Å². The van der Waals surface area contributed by atoms with Crippen LogP contribution in [0.2, 0.25) is 0 Å². The number of nitrogens with one attached hydrogen (secondary N) is 1. The van der Waals surface area contributed by atoms with E-state index in [1.807, 2.05) is 42.3 Å². The number of nitrogens with zero attached hydrogens (tertiary/aromatic N) is 3. The molecule has 1 aliphatic rings. The Morgan fingerprint density at radius 2 is 1.89 bits per heavy atom. The topological polar surface area (TPSA) is 89.5 Å². The summed E-state index contributed by atoms with van der Waals surface area (Å²) in [6, 6.07) is 12.4. The predicted octanol–water partition coefficient (Wildman–Crippen LogP) is 2.61. The second-order valence-corrected chi connectivity index (χ2v) is 6.75. The van der Waals surface area contributed by atoms with E-state index in [0.717, 1.165) is 16.7 Å². The van der Waals surface area contributed by atoms with Gasteiger partial charge in [-0.25, -0.2) is 9.78 Å². The Hall–Kier alpha value is -3.35. The Balaban J connectivity index is 1.47. The first-order valence-corrected chi connectivity index (χ1v) is 8.86. The highest BCUT2D eigenvalue weighted by Gasteiger charge is 2.29. The first-order valence-electron chi connectivity index (χ1n) is 8.86. The van der Waals surface area contributed by atoms with Crippen molar-refractivity contribution in [2.45, 2.75) is 13.0 Å². The maximum absolute atomic E-state index is 12.9. The Labute approximate surface area is 156 Å². The van der Waals surface area contributed by atoms with Gasteiger partial charge in [0, 0.05) is 37.6 Å². The Bertz CT molecular complexity index is 996. The molecule has 3 heterocycles. The van der Waals surface area contributed by atoms with Crippen LogP contribution in [0.15, 0.2) is 48.7 Å². The highest BCUT2D eigenvalue weighted by molar-refractivity contribution is 5.95. The summed E-state index contributed by atoms with van der Waals surface area (Å²) in [5, 5.41) is 9.02. The fourth-order valence-corrected chi connectivity index (χ4v) is 3.51. The molecule has 1 unspecified atom stereocenters. The number of pyridine rings is 1. The fourth-order valence-electron chi connectivity index (χ4n) is 3.51. The molecule has 7 nitrogen and oxygen atoms in total. The van der Waals surface area contributed by atoms with Crippen LogP contribution < -0.4 is 4.90 Å². The lowest BCUT2D eigenvalue weighted by Gasteiger charge is -2.40. The number of aromatic nitrogens is 2. The molecule has 0 saturated carbocycles. The van der Waals surface area contributed by atoms with Gasteiger partial charge < -0.3 is 19.9 Å². The maximum atomic E-state index is 12.9. The molecule has 4 rings (SSSR count). The minimum atomic E-state index is -0.933. The minimum Gasteiger partial charge on any atom is -0.478 e. The van der Waals surface area contributed by atoms with Gasteiger partial charge >= 0.3 is 5.97 Å². The lowest BCUT2D eigenvalue weighted by atomic mass is 10.1. The van der Waals surface area contributed by atoms with Crippen molar-refractivity contribution in [2.75, 3.05) is 24.5 Å². The Morgan fingerprint density at radius 3 is 2.59 bits per heavy atom. The predicted molar refractivity (Wildman–Crippen MR) is 102 cm³/mol. The van der Waals surface area contributed by atoms with Gasteiger partial charge in [-0.15, -0.1) is 0 Å². The van der Waals surface area contributed by atoms with E-state index in [1.54, 1.807) is 18.2 Å². The molecule has 0 aliphatic carbocycles. The van der Waals surface area contributed by atoms with Crippen LogP contribution in [0.1, 0.15) is 27.8 Å². The lowest BCUT2D eigenvalue weighted by molar-refractivity contribution is 0.0665. The number of fused-ring (bicyclic) bond motifs is 1. The fraction of sp³-hybridized carbons (Fsp3) is 0.250. The van der Waals surface area contributed by atoms with Gasteiger partial charge in [-0.1, -0.05) is 0 Å². The number of hydrogen-bond donors (Lipinski definition) is 2. The molecule has 1 amide bonds. The number of aromatic carboxylic acids is 1. The summed E-state index contributed by atoms with van der Waals surface area (Å²) in [6.45, 7) is 3.98. The maximum Gasteiger partial charge on any atom is 0.335 e. The van der Waals surface area contributed by atoms with Crippen LogP contribution in [-0.4, -0.2) is 57.5 Å². The zero-order valence-electron chi connectivity index (χ0n) is 14.9. The summed E-state index contributed by atoms with van der Waals surface area (Å²) in [5.41, 5.74) is 3.38. The number of benzene rings is 1. The summed E-state index contributed by atoms with van der Waals surface area (Å²) < 4.78 is 0. The molecule has 1 aliphatic heterocycles. The van der Waals surface area contributed by atoms with Gasteiger partial charge in [-0.05, 0) is 49.4 Å². The van der Waals surface area contributed by atoms with E-state index in [4.69, 9.17) is 5.11 Å². The molecule has 0 radical (unpaired) electrons. The molecule has 1 saturated heterocycles. The van der Waals surface area contributed by atoms with Crippen molar-refractivity contribution in [1.29, 1.82) is 0 Å². The van der Waals surface area contributed by atoms with Gasteiger partial charge in [0.1, 0.15) is 5.69 Å². The first kappa shape index (κ1) is 17.1. The largest absolute Gasteiger partial charge is 0.478 e. The average molecular weight is 364 g/mol. The van der Waals surface area contributed by atoms with Crippen LogP contribution in [0.3, 0.4) is 0 Å². The molecular weight excluding hydrogens is 344 g/mol. The molecule has 2 N–H and O–H groups in total. The number of carbonyl (C=O) groups excluding carboxylic acids is 1. The third kappa shape index (κ3) is 3.23. The Morgan fingerprint density at radius 1 is 1.11 bits per heavy atom. The van der Waals surface area contributed by atoms with Crippen molar-refractivity contribution < 1.29 is 14.7 Å². The van der Waals surface area contributed by atoms with Crippen molar-refractivity contribution in [3.63, 3.8) is 0 Å². The lowest BCUT2D eigenvalue weighted by Crippen LogP contribution is -2.54. The molecule has 3 aromatic rings. The third-order valence-corrected chi connectivity index (χ3v) is 4.99. The van der Waals surface area contributed by atoms with Gasteiger partial charge in [0.25, 0.3) is 5.91 Å².